The highest BCUT2D eigenvalue weighted by molar-refractivity contribution is 9.10. The Morgan fingerprint density at radius 3 is 2.80 bits per heavy atom. The molecule has 0 saturated carbocycles. The molecule has 0 spiro atoms. The van der Waals surface area contributed by atoms with Crippen LogP contribution in [0.15, 0.2) is 34.9 Å². The van der Waals surface area contributed by atoms with Crippen LogP contribution >= 0.6 is 27.5 Å². The second kappa shape index (κ2) is 6.37. The lowest BCUT2D eigenvalue weighted by molar-refractivity contribution is -0.115. The van der Waals surface area contributed by atoms with Crippen molar-refractivity contribution < 1.29 is 4.79 Å². The number of carbonyl (C=O) groups excluding carboxylic acids is 1. The van der Waals surface area contributed by atoms with Crippen molar-refractivity contribution in [3.8, 4) is 0 Å². The predicted molar refractivity (Wildman–Crippen MR) is 85.2 cm³/mol. The van der Waals surface area contributed by atoms with Crippen molar-refractivity contribution in [3.63, 3.8) is 0 Å². The summed E-state index contributed by atoms with van der Waals surface area (Å²) < 4.78 is 0.656. The van der Waals surface area contributed by atoms with Gasteiger partial charge in [-0.05, 0) is 47.0 Å². The van der Waals surface area contributed by atoms with Gasteiger partial charge in [-0.15, -0.1) is 0 Å². The van der Waals surface area contributed by atoms with Crippen LogP contribution in [0.4, 0.5) is 5.69 Å². The van der Waals surface area contributed by atoms with Crippen LogP contribution in [0.5, 0.6) is 0 Å². The molecule has 0 saturated heterocycles. The van der Waals surface area contributed by atoms with Gasteiger partial charge in [0.25, 0.3) is 0 Å². The third-order valence-electron chi connectivity index (χ3n) is 2.94. The maximum atomic E-state index is 12.1. The highest BCUT2D eigenvalue weighted by Gasteiger charge is 2.08. The second-order valence-corrected chi connectivity index (χ2v) is 5.86. The molecule has 1 aromatic heterocycles. The summed E-state index contributed by atoms with van der Waals surface area (Å²) in [5.74, 6) is -0.0743. The summed E-state index contributed by atoms with van der Waals surface area (Å²) in [7, 11) is 0. The van der Waals surface area contributed by atoms with Gasteiger partial charge >= 0.3 is 0 Å². The summed E-state index contributed by atoms with van der Waals surface area (Å²) in [5.41, 5.74) is 3.91. The van der Waals surface area contributed by atoms with Gasteiger partial charge in [0.15, 0.2) is 0 Å². The van der Waals surface area contributed by atoms with Gasteiger partial charge in [0.2, 0.25) is 5.91 Å². The third-order valence-corrected chi connectivity index (χ3v) is 4.07. The molecule has 0 fully saturated rings. The molecule has 0 aliphatic heterocycles. The fourth-order valence-corrected chi connectivity index (χ4v) is 2.31. The summed E-state index contributed by atoms with van der Waals surface area (Å²) in [5, 5.41) is 3.19. The monoisotopic (exact) mass is 352 g/mol. The lowest BCUT2D eigenvalue weighted by atomic mass is 10.0. The van der Waals surface area contributed by atoms with E-state index in [0.29, 0.717) is 21.7 Å². The number of anilines is 1. The van der Waals surface area contributed by atoms with E-state index in [1.54, 1.807) is 6.07 Å². The first-order valence-corrected chi connectivity index (χ1v) is 7.30. The predicted octanol–water partition coefficient (Wildman–Crippen LogP) is 4.30. The van der Waals surface area contributed by atoms with E-state index in [1.165, 1.54) is 6.20 Å². The maximum Gasteiger partial charge on any atom is 0.228 e. The zero-order chi connectivity index (χ0) is 14.7. The molecule has 20 heavy (non-hydrogen) atoms. The molecule has 2 aromatic rings. The van der Waals surface area contributed by atoms with Gasteiger partial charge in [0.05, 0.1) is 22.8 Å². The zero-order valence-electron chi connectivity index (χ0n) is 11.2. The Kier molecular flexibility index (Phi) is 4.78. The maximum absolute atomic E-state index is 12.1. The standard InChI is InChI=1S/C15H14BrClN2O/c1-9-3-4-10(2)11(5-9)6-14(20)19-12-7-13(16)15(17)18-8-12/h3-5,7-8H,6H2,1-2H3,(H,19,20). The molecule has 1 aromatic carbocycles. The molecule has 0 aliphatic rings. The molecular formula is C15H14BrClN2O. The molecule has 0 aliphatic carbocycles. The van der Waals surface area contributed by atoms with Crippen LogP contribution in [-0.4, -0.2) is 10.9 Å². The highest BCUT2D eigenvalue weighted by atomic mass is 79.9. The lowest BCUT2D eigenvalue weighted by Gasteiger charge is -2.08. The van der Waals surface area contributed by atoms with Crippen LogP contribution in [0.2, 0.25) is 5.15 Å². The Labute approximate surface area is 131 Å². The Morgan fingerprint density at radius 2 is 2.10 bits per heavy atom. The molecule has 104 valence electrons. The summed E-state index contributed by atoms with van der Waals surface area (Å²) in [6.07, 6.45) is 1.88. The summed E-state index contributed by atoms with van der Waals surface area (Å²) in [6, 6.07) is 7.83. The molecule has 0 atom stereocenters. The number of carbonyl (C=O) groups is 1. The largest absolute Gasteiger partial charge is 0.324 e. The number of rotatable bonds is 3. The Balaban J connectivity index is 2.09. The van der Waals surface area contributed by atoms with E-state index in [-0.39, 0.29) is 5.91 Å². The van der Waals surface area contributed by atoms with Crippen LogP contribution in [0, 0.1) is 13.8 Å². The van der Waals surface area contributed by atoms with Gasteiger partial charge in [0.1, 0.15) is 5.15 Å². The van der Waals surface area contributed by atoms with Crippen LogP contribution in [-0.2, 0) is 11.2 Å². The molecule has 0 radical (unpaired) electrons. The minimum absolute atomic E-state index is 0.0743. The number of nitrogens with one attached hydrogen (secondary N) is 1. The average Bonchev–Trinajstić information content (AvgIpc) is 2.38. The van der Waals surface area contributed by atoms with E-state index in [9.17, 15) is 4.79 Å². The van der Waals surface area contributed by atoms with E-state index in [2.05, 4.69) is 26.2 Å². The fraction of sp³-hybridized carbons (Fsp3) is 0.200. The quantitative estimate of drug-likeness (QED) is 0.836. The number of nitrogens with zero attached hydrogens (tertiary/aromatic N) is 1. The average molecular weight is 354 g/mol. The van der Waals surface area contributed by atoms with Crippen molar-refractivity contribution in [2.75, 3.05) is 5.32 Å². The van der Waals surface area contributed by atoms with E-state index in [4.69, 9.17) is 11.6 Å². The topological polar surface area (TPSA) is 42.0 Å². The van der Waals surface area contributed by atoms with Crippen LogP contribution in [0.1, 0.15) is 16.7 Å². The van der Waals surface area contributed by atoms with Crippen molar-refractivity contribution in [1.82, 2.24) is 4.98 Å². The Bertz CT molecular complexity index is 658. The van der Waals surface area contributed by atoms with Crippen molar-refractivity contribution in [3.05, 3.63) is 56.8 Å². The minimum Gasteiger partial charge on any atom is -0.324 e. The first kappa shape index (κ1) is 15.0. The Hall–Kier alpha value is -1.39. The third kappa shape index (κ3) is 3.81. The van der Waals surface area contributed by atoms with E-state index in [0.717, 1.165) is 16.7 Å². The summed E-state index contributed by atoms with van der Waals surface area (Å²) in [4.78, 5) is 16.0. The van der Waals surface area contributed by atoms with E-state index < -0.39 is 0 Å². The lowest BCUT2D eigenvalue weighted by Crippen LogP contribution is -2.15. The molecule has 0 bridgehead atoms. The number of hydrogen-bond acceptors (Lipinski definition) is 2. The number of aromatic nitrogens is 1. The number of benzene rings is 1. The first-order valence-electron chi connectivity index (χ1n) is 6.13. The van der Waals surface area contributed by atoms with Gasteiger partial charge < -0.3 is 5.32 Å². The Morgan fingerprint density at radius 1 is 1.35 bits per heavy atom. The van der Waals surface area contributed by atoms with Gasteiger partial charge in [-0.3, -0.25) is 4.79 Å². The number of halogens is 2. The van der Waals surface area contributed by atoms with Crippen LogP contribution < -0.4 is 5.32 Å². The highest BCUT2D eigenvalue weighted by Crippen LogP contribution is 2.23. The number of hydrogen-bond donors (Lipinski definition) is 1. The van der Waals surface area contributed by atoms with Crippen molar-refractivity contribution in [2.45, 2.75) is 20.3 Å². The van der Waals surface area contributed by atoms with Crippen LogP contribution in [0.3, 0.4) is 0 Å². The fourth-order valence-electron chi connectivity index (χ4n) is 1.86. The van der Waals surface area contributed by atoms with Gasteiger partial charge in [-0.2, -0.15) is 0 Å². The summed E-state index contributed by atoms with van der Waals surface area (Å²) in [6.45, 7) is 4.02. The number of amides is 1. The number of aryl methyl sites for hydroxylation is 2. The molecule has 1 heterocycles. The minimum atomic E-state index is -0.0743. The van der Waals surface area contributed by atoms with E-state index in [1.807, 2.05) is 32.0 Å². The van der Waals surface area contributed by atoms with Gasteiger partial charge in [0, 0.05) is 0 Å². The second-order valence-electron chi connectivity index (χ2n) is 4.65. The molecule has 1 N–H and O–H groups in total. The molecule has 0 unspecified atom stereocenters. The van der Waals surface area contributed by atoms with Gasteiger partial charge in [-0.1, -0.05) is 35.4 Å². The zero-order valence-corrected chi connectivity index (χ0v) is 13.5. The van der Waals surface area contributed by atoms with Gasteiger partial charge in [-0.25, -0.2) is 4.98 Å². The van der Waals surface area contributed by atoms with E-state index >= 15 is 0 Å². The first-order chi connectivity index (χ1) is 9.45. The summed E-state index contributed by atoms with van der Waals surface area (Å²) >= 11 is 9.09. The smallest absolute Gasteiger partial charge is 0.228 e. The molecule has 5 heteroatoms. The van der Waals surface area contributed by atoms with Crippen molar-refractivity contribution >= 4 is 39.1 Å². The number of pyridine rings is 1. The van der Waals surface area contributed by atoms with Crippen LogP contribution in [0.25, 0.3) is 0 Å². The molecule has 1 amide bonds. The SMILES string of the molecule is Cc1ccc(C)c(CC(=O)Nc2cnc(Cl)c(Br)c2)c1. The molecule has 2 rings (SSSR count). The molecule has 3 nitrogen and oxygen atoms in total. The molecular weight excluding hydrogens is 340 g/mol. The van der Waals surface area contributed by atoms with Crippen molar-refractivity contribution in [2.24, 2.45) is 0 Å². The normalized spacial score (nSPS) is 10.4. The van der Waals surface area contributed by atoms with Crippen molar-refractivity contribution in [1.29, 1.82) is 0 Å².